The third kappa shape index (κ3) is 3.20. The number of hydrogen-bond acceptors (Lipinski definition) is 3. The second-order valence-electron chi connectivity index (χ2n) is 3.64. The van der Waals surface area contributed by atoms with Crippen LogP contribution in [-0.2, 0) is 4.74 Å². The van der Waals surface area contributed by atoms with Gasteiger partial charge in [-0.2, -0.15) is 0 Å². The molecule has 80 valence electrons. The minimum atomic E-state index is -0.330. The molecule has 0 aromatic carbocycles. The van der Waals surface area contributed by atoms with Crippen molar-refractivity contribution in [2.24, 2.45) is 0 Å². The number of esters is 1. The highest BCUT2D eigenvalue weighted by Crippen LogP contribution is 2.10. The zero-order chi connectivity index (χ0) is 11.4. The summed E-state index contributed by atoms with van der Waals surface area (Å²) in [5, 5.41) is 0. The van der Waals surface area contributed by atoms with Gasteiger partial charge in [0.1, 0.15) is 0 Å². The maximum Gasteiger partial charge on any atom is 0.337 e. The molecule has 0 N–H and O–H groups in total. The van der Waals surface area contributed by atoms with Gasteiger partial charge >= 0.3 is 5.97 Å². The lowest BCUT2D eigenvalue weighted by atomic mass is 10.1. The Kier molecular flexibility index (Phi) is 3.61. The first-order valence-corrected chi connectivity index (χ1v) is 4.75. The Morgan fingerprint density at radius 3 is 2.60 bits per heavy atom. The van der Waals surface area contributed by atoms with E-state index in [0.717, 1.165) is 17.0 Å². The maximum absolute atomic E-state index is 11.3. The van der Waals surface area contributed by atoms with E-state index in [1.807, 2.05) is 26.8 Å². The van der Waals surface area contributed by atoms with Gasteiger partial charge in [-0.1, -0.05) is 5.57 Å². The quantitative estimate of drug-likeness (QED) is 0.696. The fourth-order valence-corrected chi connectivity index (χ4v) is 1.30. The van der Waals surface area contributed by atoms with E-state index in [9.17, 15) is 4.79 Å². The number of aromatic nitrogens is 1. The van der Waals surface area contributed by atoms with Crippen LogP contribution in [0.3, 0.4) is 0 Å². The predicted octanol–water partition coefficient (Wildman–Crippen LogP) is 2.60. The summed E-state index contributed by atoms with van der Waals surface area (Å²) in [4.78, 5) is 15.6. The minimum absolute atomic E-state index is 0.330. The molecule has 0 aliphatic carbocycles. The third-order valence-corrected chi connectivity index (χ3v) is 1.83. The zero-order valence-corrected chi connectivity index (χ0v) is 9.50. The molecule has 0 atom stereocenters. The highest BCUT2D eigenvalue weighted by atomic mass is 16.5. The predicted molar refractivity (Wildman–Crippen MR) is 59.6 cm³/mol. The van der Waals surface area contributed by atoms with Gasteiger partial charge in [-0.3, -0.25) is 4.98 Å². The number of carbonyl (C=O) groups is 1. The van der Waals surface area contributed by atoms with Crippen molar-refractivity contribution in [3.63, 3.8) is 0 Å². The van der Waals surface area contributed by atoms with Crippen LogP contribution in [-0.4, -0.2) is 18.1 Å². The molecule has 0 bridgehead atoms. The van der Waals surface area contributed by atoms with Crippen molar-refractivity contribution in [2.75, 3.05) is 7.11 Å². The van der Waals surface area contributed by atoms with E-state index in [-0.39, 0.29) is 5.97 Å². The lowest BCUT2D eigenvalue weighted by Gasteiger charge is -2.02. The molecule has 0 spiro atoms. The standard InChI is InChI=1S/C12H15NO2/c1-8(2)5-11-7-10(12(14)15-4)6-9(3)13-11/h5-7H,1-4H3. The fourth-order valence-electron chi connectivity index (χ4n) is 1.30. The van der Waals surface area contributed by atoms with Gasteiger partial charge in [0.05, 0.1) is 18.4 Å². The summed E-state index contributed by atoms with van der Waals surface area (Å²) in [6, 6.07) is 3.44. The number of ether oxygens (including phenoxy) is 1. The lowest BCUT2D eigenvalue weighted by Crippen LogP contribution is -2.03. The molecule has 1 rings (SSSR count). The number of carbonyl (C=O) groups excluding carboxylic acids is 1. The van der Waals surface area contributed by atoms with Crippen LogP contribution >= 0.6 is 0 Å². The van der Waals surface area contributed by atoms with Crippen LogP contribution < -0.4 is 0 Å². The fraction of sp³-hybridized carbons (Fsp3) is 0.333. The van der Waals surface area contributed by atoms with Crippen molar-refractivity contribution >= 4 is 12.0 Å². The average molecular weight is 205 g/mol. The first kappa shape index (κ1) is 11.4. The minimum Gasteiger partial charge on any atom is -0.465 e. The van der Waals surface area contributed by atoms with Gasteiger partial charge in [-0.25, -0.2) is 4.79 Å². The molecule has 3 heteroatoms. The normalized spacial score (nSPS) is 9.60. The number of hydrogen-bond donors (Lipinski definition) is 0. The molecule has 0 fully saturated rings. The number of aryl methyl sites for hydroxylation is 1. The Morgan fingerprint density at radius 1 is 1.40 bits per heavy atom. The molecule has 1 heterocycles. The van der Waals surface area contributed by atoms with Crippen molar-refractivity contribution in [1.82, 2.24) is 4.98 Å². The largest absolute Gasteiger partial charge is 0.465 e. The highest BCUT2D eigenvalue weighted by Gasteiger charge is 2.07. The van der Waals surface area contributed by atoms with Gasteiger partial charge < -0.3 is 4.74 Å². The lowest BCUT2D eigenvalue weighted by molar-refractivity contribution is 0.0600. The molecule has 0 aliphatic heterocycles. The Bertz CT molecular complexity index is 404. The molecular weight excluding hydrogens is 190 g/mol. The van der Waals surface area contributed by atoms with Gasteiger partial charge in [0.15, 0.2) is 0 Å². The van der Waals surface area contributed by atoms with Crippen LogP contribution in [0.2, 0.25) is 0 Å². The van der Waals surface area contributed by atoms with Crippen LogP contribution in [0.25, 0.3) is 6.08 Å². The SMILES string of the molecule is COC(=O)c1cc(C)nc(C=C(C)C)c1. The van der Waals surface area contributed by atoms with Crippen LogP contribution in [0, 0.1) is 6.92 Å². The average Bonchev–Trinajstić information content (AvgIpc) is 2.14. The summed E-state index contributed by atoms with van der Waals surface area (Å²) in [5.41, 5.74) is 3.28. The van der Waals surface area contributed by atoms with Crippen molar-refractivity contribution in [3.05, 3.63) is 34.7 Å². The molecule has 0 saturated heterocycles. The molecule has 15 heavy (non-hydrogen) atoms. The van der Waals surface area contributed by atoms with E-state index >= 15 is 0 Å². The summed E-state index contributed by atoms with van der Waals surface area (Å²) in [6.45, 7) is 5.83. The van der Waals surface area contributed by atoms with Crippen LogP contribution in [0.5, 0.6) is 0 Å². The van der Waals surface area contributed by atoms with E-state index in [1.165, 1.54) is 7.11 Å². The van der Waals surface area contributed by atoms with Gasteiger partial charge in [0.25, 0.3) is 0 Å². The van der Waals surface area contributed by atoms with Crippen LogP contribution in [0.4, 0.5) is 0 Å². The Labute approximate surface area is 89.8 Å². The van der Waals surface area contributed by atoms with E-state index < -0.39 is 0 Å². The first-order chi connectivity index (χ1) is 7.02. The summed E-state index contributed by atoms with van der Waals surface area (Å²) in [6.07, 6.45) is 1.93. The maximum atomic E-state index is 11.3. The Morgan fingerprint density at radius 2 is 2.07 bits per heavy atom. The molecule has 0 unspecified atom stereocenters. The van der Waals surface area contributed by atoms with E-state index in [4.69, 9.17) is 0 Å². The summed E-state index contributed by atoms with van der Waals surface area (Å²) >= 11 is 0. The van der Waals surface area contributed by atoms with Crippen molar-refractivity contribution in [2.45, 2.75) is 20.8 Å². The monoisotopic (exact) mass is 205 g/mol. The molecular formula is C12H15NO2. The first-order valence-electron chi connectivity index (χ1n) is 4.75. The molecule has 0 aliphatic rings. The number of methoxy groups -OCH3 is 1. The Hall–Kier alpha value is -1.64. The summed E-state index contributed by atoms with van der Waals surface area (Å²) in [5.74, 6) is -0.330. The zero-order valence-electron chi connectivity index (χ0n) is 9.50. The number of nitrogens with zero attached hydrogens (tertiary/aromatic N) is 1. The van der Waals surface area contributed by atoms with Gasteiger partial charge in [0.2, 0.25) is 0 Å². The van der Waals surface area contributed by atoms with Gasteiger partial charge in [-0.15, -0.1) is 0 Å². The van der Waals surface area contributed by atoms with Gasteiger partial charge in [-0.05, 0) is 39.0 Å². The smallest absolute Gasteiger partial charge is 0.337 e. The van der Waals surface area contributed by atoms with Crippen LogP contribution in [0.15, 0.2) is 17.7 Å². The molecule has 1 aromatic heterocycles. The van der Waals surface area contributed by atoms with Crippen molar-refractivity contribution < 1.29 is 9.53 Å². The molecule has 0 radical (unpaired) electrons. The van der Waals surface area contributed by atoms with Gasteiger partial charge in [0, 0.05) is 5.69 Å². The molecule has 0 amide bonds. The molecule has 1 aromatic rings. The van der Waals surface area contributed by atoms with Crippen LogP contribution in [0.1, 0.15) is 35.6 Å². The second-order valence-corrected chi connectivity index (χ2v) is 3.64. The third-order valence-electron chi connectivity index (χ3n) is 1.83. The molecule has 3 nitrogen and oxygen atoms in total. The molecule has 0 saturated carbocycles. The van der Waals surface area contributed by atoms with E-state index in [2.05, 4.69) is 9.72 Å². The van der Waals surface area contributed by atoms with E-state index in [1.54, 1.807) is 12.1 Å². The van der Waals surface area contributed by atoms with E-state index in [0.29, 0.717) is 5.56 Å². The van der Waals surface area contributed by atoms with Crippen molar-refractivity contribution in [1.29, 1.82) is 0 Å². The highest BCUT2D eigenvalue weighted by molar-refractivity contribution is 5.89. The van der Waals surface area contributed by atoms with Crippen molar-refractivity contribution in [3.8, 4) is 0 Å². The number of allylic oxidation sites excluding steroid dienone is 1. The number of pyridine rings is 1. The summed E-state index contributed by atoms with van der Waals surface area (Å²) < 4.78 is 4.66. The second kappa shape index (κ2) is 4.73. The topological polar surface area (TPSA) is 39.2 Å². The summed E-state index contributed by atoms with van der Waals surface area (Å²) in [7, 11) is 1.37. The Balaban J connectivity index is 3.16. The number of rotatable bonds is 2.